The van der Waals surface area contributed by atoms with E-state index >= 15 is 0 Å². The lowest BCUT2D eigenvalue weighted by Gasteiger charge is -2.45. The van der Waals surface area contributed by atoms with Gasteiger partial charge in [0, 0.05) is 24.4 Å². The predicted octanol–water partition coefficient (Wildman–Crippen LogP) is -0.00670. The van der Waals surface area contributed by atoms with Gasteiger partial charge in [0.1, 0.15) is 5.60 Å². The van der Waals surface area contributed by atoms with Crippen LogP contribution < -0.4 is 5.32 Å². The highest BCUT2D eigenvalue weighted by molar-refractivity contribution is 5.05. The van der Waals surface area contributed by atoms with E-state index in [-0.39, 0.29) is 5.41 Å². The van der Waals surface area contributed by atoms with E-state index in [1.807, 2.05) is 0 Å². The van der Waals surface area contributed by atoms with Crippen molar-refractivity contribution in [3.05, 3.63) is 0 Å². The zero-order valence-electron chi connectivity index (χ0n) is 7.76. The summed E-state index contributed by atoms with van der Waals surface area (Å²) in [4.78, 5) is 0. The van der Waals surface area contributed by atoms with Gasteiger partial charge in [-0.1, -0.05) is 13.8 Å². The molecule has 3 nitrogen and oxygen atoms in total. The van der Waals surface area contributed by atoms with Crippen molar-refractivity contribution < 1.29 is 9.84 Å². The monoisotopic (exact) mass is 171 g/mol. The maximum atomic E-state index is 10.4. The fourth-order valence-corrected chi connectivity index (χ4v) is 2.08. The first-order chi connectivity index (χ1) is 5.56. The van der Waals surface area contributed by atoms with Crippen LogP contribution >= 0.6 is 0 Å². The maximum Gasteiger partial charge on any atom is 0.100 e. The standard InChI is InChI=1S/C9H17NO2/c1-8(2)5-12-6-9(8,11)7-3-10-4-7/h7,10-11H,3-6H2,1-2H3. The minimum absolute atomic E-state index is 0.0836. The Morgan fingerprint density at radius 1 is 1.33 bits per heavy atom. The Bertz CT molecular complexity index is 189. The van der Waals surface area contributed by atoms with Crippen molar-refractivity contribution >= 4 is 0 Å². The molecule has 3 heteroatoms. The van der Waals surface area contributed by atoms with Gasteiger partial charge in [0.25, 0.3) is 0 Å². The molecule has 2 aliphatic heterocycles. The van der Waals surface area contributed by atoms with Gasteiger partial charge in [0.15, 0.2) is 0 Å². The van der Waals surface area contributed by atoms with Gasteiger partial charge in [-0.2, -0.15) is 0 Å². The zero-order valence-corrected chi connectivity index (χ0v) is 7.76. The summed E-state index contributed by atoms with van der Waals surface area (Å²) >= 11 is 0. The Balaban J connectivity index is 2.17. The van der Waals surface area contributed by atoms with E-state index < -0.39 is 5.60 Å². The van der Waals surface area contributed by atoms with Crippen LogP contribution in [0.5, 0.6) is 0 Å². The summed E-state index contributed by atoms with van der Waals surface area (Å²) in [5, 5.41) is 13.6. The Hall–Kier alpha value is -0.120. The lowest BCUT2D eigenvalue weighted by atomic mass is 9.68. The van der Waals surface area contributed by atoms with Crippen LogP contribution in [0.2, 0.25) is 0 Å². The predicted molar refractivity (Wildman–Crippen MR) is 45.9 cm³/mol. The Labute approximate surface area is 73.1 Å². The maximum absolute atomic E-state index is 10.4. The molecule has 0 aromatic heterocycles. The van der Waals surface area contributed by atoms with Crippen molar-refractivity contribution in [2.45, 2.75) is 19.4 Å². The lowest BCUT2D eigenvalue weighted by Crippen LogP contribution is -2.61. The average Bonchev–Trinajstić information content (AvgIpc) is 2.03. The van der Waals surface area contributed by atoms with Crippen molar-refractivity contribution in [1.29, 1.82) is 0 Å². The molecule has 12 heavy (non-hydrogen) atoms. The van der Waals surface area contributed by atoms with Crippen molar-refractivity contribution in [2.24, 2.45) is 11.3 Å². The van der Waals surface area contributed by atoms with Gasteiger partial charge in [-0.3, -0.25) is 0 Å². The zero-order chi connectivity index (χ0) is 8.82. The van der Waals surface area contributed by atoms with Crippen molar-refractivity contribution in [3.63, 3.8) is 0 Å². The van der Waals surface area contributed by atoms with E-state index in [1.54, 1.807) is 0 Å². The van der Waals surface area contributed by atoms with Gasteiger partial charge in [0.2, 0.25) is 0 Å². The van der Waals surface area contributed by atoms with E-state index in [0.717, 1.165) is 13.1 Å². The molecule has 2 heterocycles. The van der Waals surface area contributed by atoms with Gasteiger partial charge in [-0.25, -0.2) is 0 Å². The van der Waals surface area contributed by atoms with E-state index in [2.05, 4.69) is 19.2 Å². The number of nitrogens with one attached hydrogen (secondary N) is 1. The second-order valence-corrected chi connectivity index (χ2v) is 4.66. The first-order valence-corrected chi connectivity index (χ1v) is 4.57. The highest BCUT2D eigenvalue weighted by Crippen LogP contribution is 2.43. The molecule has 2 rings (SSSR count). The van der Waals surface area contributed by atoms with Crippen LogP contribution in [0.3, 0.4) is 0 Å². The summed E-state index contributed by atoms with van der Waals surface area (Å²) in [6, 6.07) is 0. The van der Waals surface area contributed by atoms with Crippen LogP contribution in [0.4, 0.5) is 0 Å². The van der Waals surface area contributed by atoms with Crippen LogP contribution in [-0.4, -0.2) is 37.0 Å². The fourth-order valence-electron chi connectivity index (χ4n) is 2.08. The van der Waals surface area contributed by atoms with Crippen molar-refractivity contribution in [2.75, 3.05) is 26.3 Å². The first kappa shape index (κ1) is 8.48. The van der Waals surface area contributed by atoms with Crippen LogP contribution in [0.15, 0.2) is 0 Å². The van der Waals surface area contributed by atoms with Crippen molar-refractivity contribution in [1.82, 2.24) is 5.32 Å². The minimum Gasteiger partial charge on any atom is -0.386 e. The van der Waals surface area contributed by atoms with Gasteiger partial charge in [-0.15, -0.1) is 0 Å². The molecule has 2 fully saturated rings. The van der Waals surface area contributed by atoms with Gasteiger partial charge in [0.05, 0.1) is 13.2 Å². The smallest absolute Gasteiger partial charge is 0.100 e. The lowest BCUT2D eigenvalue weighted by molar-refractivity contribution is -0.0971. The molecule has 2 N–H and O–H groups in total. The largest absolute Gasteiger partial charge is 0.386 e. The Morgan fingerprint density at radius 2 is 2.00 bits per heavy atom. The van der Waals surface area contributed by atoms with Crippen LogP contribution in [0.1, 0.15) is 13.8 Å². The Morgan fingerprint density at radius 3 is 2.33 bits per heavy atom. The molecule has 0 aliphatic carbocycles. The second-order valence-electron chi connectivity index (χ2n) is 4.66. The molecule has 0 radical (unpaired) electrons. The summed E-state index contributed by atoms with van der Waals surface area (Å²) < 4.78 is 5.35. The molecular weight excluding hydrogens is 154 g/mol. The number of rotatable bonds is 1. The average molecular weight is 171 g/mol. The molecule has 0 aromatic carbocycles. The second kappa shape index (κ2) is 2.44. The number of hydrogen-bond donors (Lipinski definition) is 2. The van der Waals surface area contributed by atoms with E-state index in [9.17, 15) is 5.11 Å². The molecule has 0 amide bonds. The number of aliphatic hydroxyl groups is 1. The third-order valence-electron chi connectivity index (χ3n) is 3.41. The first-order valence-electron chi connectivity index (χ1n) is 4.57. The molecule has 2 aliphatic rings. The third-order valence-corrected chi connectivity index (χ3v) is 3.41. The summed E-state index contributed by atoms with van der Waals surface area (Å²) in [7, 11) is 0. The van der Waals surface area contributed by atoms with E-state index in [1.165, 1.54) is 0 Å². The van der Waals surface area contributed by atoms with Crippen LogP contribution in [0.25, 0.3) is 0 Å². The fraction of sp³-hybridized carbons (Fsp3) is 1.00. The topological polar surface area (TPSA) is 41.5 Å². The normalized spacial score (nSPS) is 41.2. The highest BCUT2D eigenvalue weighted by Gasteiger charge is 2.55. The molecule has 2 saturated heterocycles. The molecule has 1 unspecified atom stereocenters. The SMILES string of the molecule is CC1(C)COCC1(O)C1CNC1. The molecule has 0 aromatic rings. The third kappa shape index (κ3) is 0.934. The summed E-state index contributed by atoms with van der Waals surface area (Å²) in [6.07, 6.45) is 0. The summed E-state index contributed by atoms with van der Waals surface area (Å²) in [5.74, 6) is 0.384. The molecule has 0 spiro atoms. The Kier molecular flexibility index (Phi) is 1.72. The van der Waals surface area contributed by atoms with Crippen LogP contribution in [0, 0.1) is 11.3 Å². The number of ether oxygens (including phenoxy) is 1. The van der Waals surface area contributed by atoms with Crippen LogP contribution in [-0.2, 0) is 4.74 Å². The minimum atomic E-state index is -0.599. The van der Waals surface area contributed by atoms with Crippen molar-refractivity contribution in [3.8, 4) is 0 Å². The quantitative estimate of drug-likeness (QED) is 0.583. The van der Waals surface area contributed by atoms with Gasteiger partial charge < -0.3 is 15.2 Å². The van der Waals surface area contributed by atoms with E-state index in [0.29, 0.717) is 19.1 Å². The van der Waals surface area contributed by atoms with E-state index in [4.69, 9.17) is 4.74 Å². The number of hydrogen-bond acceptors (Lipinski definition) is 3. The molecule has 1 atom stereocenters. The van der Waals surface area contributed by atoms with Gasteiger partial charge >= 0.3 is 0 Å². The summed E-state index contributed by atoms with van der Waals surface area (Å²) in [5.41, 5.74) is -0.683. The molecule has 0 bridgehead atoms. The summed E-state index contributed by atoms with van der Waals surface area (Å²) in [6.45, 7) is 7.22. The highest BCUT2D eigenvalue weighted by atomic mass is 16.5. The molecular formula is C9H17NO2. The van der Waals surface area contributed by atoms with Gasteiger partial charge in [-0.05, 0) is 0 Å². The molecule has 0 saturated carbocycles. The molecule has 70 valence electrons.